The van der Waals surface area contributed by atoms with Crippen LogP contribution in [0, 0.1) is 18.7 Å². The predicted molar refractivity (Wildman–Crippen MR) is 111 cm³/mol. The smallest absolute Gasteiger partial charge is 0.244 e. The van der Waals surface area contributed by atoms with E-state index in [1.54, 1.807) is 17.0 Å². The van der Waals surface area contributed by atoms with E-state index in [4.69, 9.17) is 0 Å². The molecule has 0 aromatic heterocycles. The highest BCUT2D eigenvalue weighted by molar-refractivity contribution is 5.97. The van der Waals surface area contributed by atoms with Crippen LogP contribution in [0.2, 0.25) is 0 Å². The van der Waals surface area contributed by atoms with Crippen molar-refractivity contribution < 1.29 is 14.0 Å². The number of hydrogen-bond acceptors (Lipinski definition) is 2. The highest BCUT2D eigenvalue weighted by atomic mass is 19.1. The van der Waals surface area contributed by atoms with Crippen molar-refractivity contribution in [3.63, 3.8) is 0 Å². The van der Waals surface area contributed by atoms with Crippen molar-refractivity contribution in [2.45, 2.75) is 51.5 Å². The first-order chi connectivity index (χ1) is 14.0. The highest BCUT2D eigenvalue weighted by Crippen LogP contribution is 2.37. The predicted octanol–water partition coefficient (Wildman–Crippen LogP) is 4.97. The number of halogens is 1. The van der Waals surface area contributed by atoms with Gasteiger partial charge in [0.1, 0.15) is 12.4 Å². The van der Waals surface area contributed by atoms with Gasteiger partial charge >= 0.3 is 0 Å². The third kappa shape index (κ3) is 4.34. The van der Waals surface area contributed by atoms with Gasteiger partial charge in [0, 0.05) is 17.7 Å². The number of nitrogens with zero attached hydrogens (tertiary/aromatic N) is 1. The molecule has 0 saturated heterocycles. The van der Waals surface area contributed by atoms with Crippen molar-refractivity contribution in [3.8, 4) is 0 Å². The van der Waals surface area contributed by atoms with Gasteiger partial charge in [0.25, 0.3) is 0 Å². The van der Waals surface area contributed by atoms with Crippen LogP contribution in [-0.2, 0) is 9.59 Å². The van der Waals surface area contributed by atoms with E-state index in [0.717, 1.165) is 29.5 Å². The first-order valence-corrected chi connectivity index (χ1v) is 10.5. The fourth-order valence-corrected chi connectivity index (χ4v) is 4.62. The quantitative estimate of drug-likeness (QED) is 0.799. The van der Waals surface area contributed by atoms with E-state index in [-0.39, 0.29) is 24.2 Å². The Balaban J connectivity index is 1.74. The molecule has 5 heteroatoms. The van der Waals surface area contributed by atoms with Gasteiger partial charge in [-0.1, -0.05) is 49.1 Å². The summed E-state index contributed by atoms with van der Waals surface area (Å²) in [6.07, 6.45) is 6.18. The second-order valence-electron chi connectivity index (χ2n) is 8.32. The normalized spacial score (nSPS) is 20.0. The van der Waals surface area contributed by atoms with Gasteiger partial charge in [-0.25, -0.2) is 4.39 Å². The van der Waals surface area contributed by atoms with Crippen molar-refractivity contribution in [2.24, 2.45) is 5.92 Å². The molecule has 152 valence electrons. The Labute approximate surface area is 171 Å². The minimum Gasteiger partial charge on any atom is -0.324 e. The van der Waals surface area contributed by atoms with Gasteiger partial charge in [0.15, 0.2) is 0 Å². The minimum atomic E-state index is -0.416. The monoisotopic (exact) mass is 394 g/mol. The first-order valence-electron chi connectivity index (χ1n) is 10.5. The van der Waals surface area contributed by atoms with Crippen LogP contribution in [0.1, 0.15) is 61.3 Å². The molecular formula is C24H27FN2O2. The molecule has 2 amide bonds. The van der Waals surface area contributed by atoms with Gasteiger partial charge in [-0.05, 0) is 49.4 Å². The van der Waals surface area contributed by atoms with Crippen LogP contribution in [0.3, 0.4) is 0 Å². The number of amides is 2. The summed E-state index contributed by atoms with van der Waals surface area (Å²) in [4.78, 5) is 27.7. The Morgan fingerprint density at radius 1 is 1.10 bits per heavy atom. The van der Waals surface area contributed by atoms with E-state index in [1.807, 2.05) is 25.1 Å². The highest BCUT2D eigenvalue weighted by Gasteiger charge is 2.34. The lowest BCUT2D eigenvalue weighted by Gasteiger charge is -2.32. The molecular weight excluding hydrogens is 367 g/mol. The molecule has 4 nitrogen and oxygen atoms in total. The van der Waals surface area contributed by atoms with Crippen LogP contribution in [0.4, 0.5) is 10.1 Å². The molecule has 1 aliphatic heterocycles. The third-order valence-electron chi connectivity index (χ3n) is 6.10. The molecule has 1 atom stereocenters. The van der Waals surface area contributed by atoms with Gasteiger partial charge in [0.05, 0.1) is 6.04 Å². The zero-order valence-electron chi connectivity index (χ0n) is 16.8. The molecule has 1 saturated carbocycles. The van der Waals surface area contributed by atoms with Crippen LogP contribution in [0.5, 0.6) is 0 Å². The molecule has 0 unspecified atom stereocenters. The number of nitrogens with one attached hydrogen (secondary N) is 1. The third-order valence-corrected chi connectivity index (χ3v) is 6.10. The number of aryl methyl sites for hydroxylation is 1. The zero-order chi connectivity index (χ0) is 20.4. The molecule has 0 radical (unpaired) electrons. The Hall–Kier alpha value is -2.69. The summed E-state index contributed by atoms with van der Waals surface area (Å²) in [5, 5.41) is 2.94. The van der Waals surface area contributed by atoms with Crippen LogP contribution < -0.4 is 5.32 Å². The standard InChI is InChI=1S/C24H27FN2O2/c1-16-7-12-21-20(13-16)24(18-8-10-19(25)11-9-18)27(15-22(28)26-21)23(29)14-17-5-3-2-4-6-17/h7-13,17,24H,2-6,14-15H2,1H3,(H,26,28)/t24-/m1/s1. The van der Waals surface area contributed by atoms with Gasteiger partial charge in [-0.15, -0.1) is 0 Å². The van der Waals surface area contributed by atoms with Gasteiger partial charge in [-0.3, -0.25) is 9.59 Å². The van der Waals surface area contributed by atoms with Crippen LogP contribution >= 0.6 is 0 Å². The molecule has 1 heterocycles. The maximum Gasteiger partial charge on any atom is 0.244 e. The second kappa shape index (κ2) is 8.36. The Kier molecular flexibility index (Phi) is 5.65. The van der Waals surface area contributed by atoms with Crippen molar-refractivity contribution >= 4 is 17.5 Å². The van der Waals surface area contributed by atoms with Gasteiger partial charge in [0.2, 0.25) is 11.8 Å². The molecule has 2 aromatic carbocycles. The largest absolute Gasteiger partial charge is 0.324 e. The van der Waals surface area contributed by atoms with E-state index in [0.29, 0.717) is 18.0 Å². The van der Waals surface area contributed by atoms with E-state index >= 15 is 0 Å². The van der Waals surface area contributed by atoms with Crippen LogP contribution in [0.25, 0.3) is 0 Å². The summed E-state index contributed by atoms with van der Waals surface area (Å²) in [6, 6.07) is 11.7. The number of benzene rings is 2. The van der Waals surface area contributed by atoms with E-state index < -0.39 is 6.04 Å². The van der Waals surface area contributed by atoms with Crippen molar-refractivity contribution in [2.75, 3.05) is 11.9 Å². The maximum atomic E-state index is 13.6. The zero-order valence-corrected chi connectivity index (χ0v) is 16.8. The van der Waals surface area contributed by atoms with E-state index in [2.05, 4.69) is 5.32 Å². The first kappa shape index (κ1) is 19.6. The van der Waals surface area contributed by atoms with Crippen LogP contribution in [-0.4, -0.2) is 23.3 Å². The van der Waals surface area contributed by atoms with Gasteiger partial charge in [-0.2, -0.15) is 0 Å². The van der Waals surface area contributed by atoms with Crippen molar-refractivity contribution in [1.29, 1.82) is 0 Å². The number of carbonyl (C=O) groups excluding carboxylic acids is 2. The number of carbonyl (C=O) groups is 2. The molecule has 0 bridgehead atoms. The average molecular weight is 394 g/mol. The molecule has 2 aromatic rings. The SMILES string of the molecule is Cc1ccc2c(c1)[C@@H](c1ccc(F)cc1)N(C(=O)CC1CCCCC1)CC(=O)N2. The summed E-state index contributed by atoms with van der Waals surface area (Å²) in [6.45, 7) is 1.99. The lowest BCUT2D eigenvalue weighted by atomic mass is 9.86. The number of fused-ring (bicyclic) bond motifs is 1. The molecule has 4 rings (SSSR count). The topological polar surface area (TPSA) is 49.4 Å². The number of rotatable bonds is 3. The fraction of sp³-hybridized carbons (Fsp3) is 0.417. The Morgan fingerprint density at radius 3 is 2.55 bits per heavy atom. The van der Waals surface area contributed by atoms with Crippen molar-refractivity contribution in [3.05, 3.63) is 65.0 Å². The summed E-state index contributed by atoms with van der Waals surface area (Å²) in [5.41, 5.74) is 3.45. The Bertz CT molecular complexity index is 904. The lowest BCUT2D eigenvalue weighted by molar-refractivity contribution is -0.137. The lowest BCUT2D eigenvalue weighted by Crippen LogP contribution is -2.39. The maximum absolute atomic E-state index is 13.6. The molecule has 1 fully saturated rings. The summed E-state index contributed by atoms with van der Waals surface area (Å²) < 4.78 is 13.6. The molecule has 0 spiro atoms. The Morgan fingerprint density at radius 2 is 1.83 bits per heavy atom. The average Bonchev–Trinajstić information content (AvgIpc) is 2.85. The summed E-state index contributed by atoms with van der Waals surface area (Å²) in [5.74, 6) is -0.137. The number of anilines is 1. The molecule has 29 heavy (non-hydrogen) atoms. The summed E-state index contributed by atoms with van der Waals surface area (Å²) in [7, 11) is 0. The van der Waals surface area contributed by atoms with E-state index in [9.17, 15) is 14.0 Å². The number of hydrogen-bond donors (Lipinski definition) is 1. The molecule has 1 aliphatic carbocycles. The van der Waals surface area contributed by atoms with Crippen LogP contribution in [0.15, 0.2) is 42.5 Å². The van der Waals surface area contributed by atoms with E-state index in [1.165, 1.54) is 31.4 Å². The fourth-order valence-electron chi connectivity index (χ4n) is 4.62. The summed E-state index contributed by atoms with van der Waals surface area (Å²) >= 11 is 0. The molecule has 2 aliphatic rings. The minimum absolute atomic E-state index is 0.00131. The van der Waals surface area contributed by atoms with Gasteiger partial charge < -0.3 is 10.2 Å². The molecule has 1 N–H and O–H groups in total. The second-order valence-corrected chi connectivity index (χ2v) is 8.32. The van der Waals surface area contributed by atoms with Crippen molar-refractivity contribution in [1.82, 2.24) is 4.90 Å².